The zero-order valence-electron chi connectivity index (χ0n) is 16.4. The van der Waals surface area contributed by atoms with Gasteiger partial charge >= 0.3 is 0 Å². The summed E-state index contributed by atoms with van der Waals surface area (Å²) in [5.74, 6) is 0.0519. The molecule has 1 atom stereocenters. The number of carbonyl (C=O) groups excluding carboxylic acids is 1. The maximum Gasteiger partial charge on any atom is 0.268 e. The Morgan fingerprint density at radius 2 is 1.90 bits per heavy atom. The Labute approximate surface area is 169 Å². The smallest absolute Gasteiger partial charge is 0.268 e. The van der Waals surface area contributed by atoms with Crippen LogP contribution in [0.3, 0.4) is 0 Å². The fourth-order valence-corrected chi connectivity index (χ4v) is 3.81. The third kappa shape index (κ3) is 4.33. The van der Waals surface area contributed by atoms with Crippen LogP contribution in [-0.2, 0) is 0 Å². The van der Waals surface area contributed by atoms with E-state index >= 15 is 0 Å². The molecule has 3 aromatic rings. The Hall–Kier alpha value is -2.70. The lowest BCUT2D eigenvalue weighted by molar-refractivity contribution is 0.0945. The first-order valence-electron chi connectivity index (χ1n) is 10.2. The van der Waals surface area contributed by atoms with Crippen LogP contribution in [0.25, 0.3) is 22.0 Å². The molecule has 0 aliphatic heterocycles. The first-order valence-corrected chi connectivity index (χ1v) is 10.2. The van der Waals surface area contributed by atoms with Gasteiger partial charge in [-0.05, 0) is 73.0 Å². The second-order valence-electron chi connectivity index (χ2n) is 7.86. The number of carbonyl (C=O) groups is 1. The van der Waals surface area contributed by atoms with E-state index in [4.69, 9.17) is 11.5 Å². The zero-order valence-corrected chi connectivity index (χ0v) is 16.4. The molecule has 0 saturated heterocycles. The van der Waals surface area contributed by atoms with Crippen molar-refractivity contribution in [3.05, 3.63) is 59.5 Å². The van der Waals surface area contributed by atoms with Gasteiger partial charge in [0.1, 0.15) is 11.5 Å². The molecule has 1 aliphatic rings. The van der Waals surface area contributed by atoms with Crippen molar-refractivity contribution in [2.45, 2.75) is 37.6 Å². The van der Waals surface area contributed by atoms with Gasteiger partial charge in [-0.2, -0.15) is 0 Å². The molecule has 6 N–H and O–H groups in total. The topological polar surface area (TPSA) is 96.9 Å². The highest BCUT2D eigenvalue weighted by molar-refractivity contribution is 6.02. The summed E-state index contributed by atoms with van der Waals surface area (Å²) >= 11 is 0. The number of hydrogen-bond acceptors (Lipinski definition) is 3. The van der Waals surface area contributed by atoms with Crippen molar-refractivity contribution in [3.63, 3.8) is 0 Å². The highest BCUT2D eigenvalue weighted by Crippen LogP contribution is 2.45. The first-order chi connectivity index (χ1) is 14.1. The molecule has 1 saturated carbocycles. The number of fused-ring (bicyclic) bond motifs is 1. The molecular weight excluding hydrogens is 367 g/mol. The molecular formula is C23H27FN4O. The molecule has 5 nitrogen and oxygen atoms in total. The fourth-order valence-electron chi connectivity index (χ4n) is 3.81. The summed E-state index contributed by atoms with van der Waals surface area (Å²) in [6.07, 6.45) is 3.84. The fraction of sp³-hybridized carbons (Fsp3) is 0.348. The monoisotopic (exact) mass is 394 g/mol. The minimum Gasteiger partial charge on any atom is -0.350 e. The summed E-state index contributed by atoms with van der Waals surface area (Å²) in [4.78, 5) is 16.2. The number of H-pyrrole nitrogens is 1. The van der Waals surface area contributed by atoms with E-state index in [2.05, 4.69) is 16.4 Å². The van der Waals surface area contributed by atoms with Crippen LogP contribution in [0.2, 0.25) is 0 Å². The van der Waals surface area contributed by atoms with Crippen LogP contribution in [0, 0.1) is 5.82 Å². The summed E-state index contributed by atoms with van der Waals surface area (Å²) in [7, 11) is 0. The van der Waals surface area contributed by atoms with Crippen molar-refractivity contribution in [2.24, 2.45) is 11.5 Å². The molecule has 0 bridgehead atoms. The molecule has 1 fully saturated rings. The van der Waals surface area contributed by atoms with Crippen molar-refractivity contribution in [3.8, 4) is 11.1 Å². The van der Waals surface area contributed by atoms with E-state index < -0.39 is 0 Å². The Morgan fingerprint density at radius 3 is 2.59 bits per heavy atom. The highest BCUT2D eigenvalue weighted by Gasteiger charge is 2.31. The van der Waals surface area contributed by atoms with Crippen LogP contribution in [0.5, 0.6) is 0 Å². The van der Waals surface area contributed by atoms with E-state index in [1.54, 1.807) is 12.1 Å². The Kier molecular flexibility index (Phi) is 5.65. The van der Waals surface area contributed by atoms with E-state index in [1.165, 1.54) is 12.1 Å². The highest BCUT2D eigenvalue weighted by atomic mass is 19.1. The zero-order chi connectivity index (χ0) is 20.4. The summed E-state index contributed by atoms with van der Waals surface area (Å²) in [5, 5.41) is 4.05. The van der Waals surface area contributed by atoms with Crippen molar-refractivity contribution < 1.29 is 9.18 Å². The number of aromatic nitrogens is 1. The van der Waals surface area contributed by atoms with Gasteiger partial charge in [0.05, 0.1) is 0 Å². The van der Waals surface area contributed by atoms with Crippen LogP contribution in [0.1, 0.15) is 47.7 Å². The Morgan fingerprint density at radius 1 is 1.17 bits per heavy atom. The van der Waals surface area contributed by atoms with Gasteiger partial charge in [-0.1, -0.05) is 24.3 Å². The second-order valence-corrected chi connectivity index (χ2v) is 7.86. The number of aromatic amines is 1. The molecule has 2 aromatic carbocycles. The van der Waals surface area contributed by atoms with Crippen molar-refractivity contribution in [1.82, 2.24) is 10.3 Å². The van der Waals surface area contributed by atoms with Crippen molar-refractivity contribution in [2.75, 3.05) is 13.1 Å². The van der Waals surface area contributed by atoms with Crippen molar-refractivity contribution in [1.29, 1.82) is 0 Å². The van der Waals surface area contributed by atoms with Gasteiger partial charge in [0, 0.05) is 23.5 Å². The number of benzene rings is 2. The molecule has 1 aliphatic carbocycles. The van der Waals surface area contributed by atoms with E-state index in [0.29, 0.717) is 24.7 Å². The predicted octanol–water partition coefficient (Wildman–Crippen LogP) is 3.65. The van der Waals surface area contributed by atoms with E-state index in [0.717, 1.165) is 53.3 Å². The summed E-state index contributed by atoms with van der Waals surface area (Å²) in [5.41, 5.74) is 16.2. The molecule has 0 radical (unpaired) electrons. The van der Waals surface area contributed by atoms with Gasteiger partial charge in [0.15, 0.2) is 0 Å². The molecule has 1 amide bonds. The molecule has 1 heterocycles. The van der Waals surface area contributed by atoms with Gasteiger partial charge in [-0.3, -0.25) is 4.79 Å². The molecule has 0 spiro atoms. The summed E-state index contributed by atoms with van der Waals surface area (Å²) < 4.78 is 13.2. The molecule has 6 heteroatoms. The maximum absolute atomic E-state index is 13.2. The second kappa shape index (κ2) is 8.35. The van der Waals surface area contributed by atoms with Gasteiger partial charge in [-0.25, -0.2) is 4.39 Å². The number of nitrogens with one attached hydrogen (secondary N) is 2. The lowest BCUT2D eigenvalue weighted by Gasteiger charge is -2.12. The van der Waals surface area contributed by atoms with Crippen molar-refractivity contribution >= 4 is 16.8 Å². The third-order valence-corrected chi connectivity index (χ3v) is 5.53. The predicted molar refractivity (Wildman–Crippen MR) is 114 cm³/mol. The summed E-state index contributed by atoms with van der Waals surface area (Å²) in [6, 6.07) is 12.4. The average molecular weight is 394 g/mol. The van der Waals surface area contributed by atoms with Crippen LogP contribution >= 0.6 is 0 Å². The number of rotatable bonds is 8. The number of nitrogens with two attached hydrogens (primary N) is 2. The number of amides is 1. The quantitative estimate of drug-likeness (QED) is 0.469. The molecule has 1 aromatic heterocycles. The average Bonchev–Trinajstić information content (AvgIpc) is 3.50. The molecule has 0 unspecified atom stereocenters. The minimum atomic E-state index is -0.255. The first kappa shape index (κ1) is 19.6. The van der Waals surface area contributed by atoms with Gasteiger partial charge in [0.2, 0.25) is 0 Å². The van der Waals surface area contributed by atoms with Crippen LogP contribution in [0.4, 0.5) is 4.39 Å². The maximum atomic E-state index is 13.2. The Balaban J connectivity index is 1.60. The van der Waals surface area contributed by atoms with E-state index in [-0.39, 0.29) is 17.8 Å². The van der Waals surface area contributed by atoms with Gasteiger partial charge in [0.25, 0.3) is 5.91 Å². The minimum absolute atomic E-state index is 0.0960. The van der Waals surface area contributed by atoms with Gasteiger partial charge in [-0.15, -0.1) is 0 Å². The third-order valence-electron chi connectivity index (χ3n) is 5.53. The number of hydrogen-bond donors (Lipinski definition) is 4. The van der Waals surface area contributed by atoms with Crippen LogP contribution < -0.4 is 16.8 Å². The SMILES string of the molecule is NCCC[C@H](N)CNC(=O)c1[nH]c2cc(-c3ccc(F)cc3)ccc2c1C1CC1. The van der Waals surface area contributed by atoms with Crippen LogP contribution in [0.15, 0.2) is 42.5 Å². The molecule has 4 rings (SSSR count). The summed E-state index contributed by atoms with van der Waals surface area (Å²) in [6.45, 7) is 1.03. The Bertz CT molecular complexity index is 1010. The molecule has 29 heavy (non-hydrogen) atoms. The van der Waals surface area contributed by atoms with E-state index in [9.17, 15) is 9.18 Å². The molecule has 152 valence electrons. The lowest BCUT2D eigenvalue weighted by atomic mass is 10.0. The lowest BCUT2D eigenvalue weighted by Crippen LogP contribution is -2.37. The van der Waals surface area contributed by atoms with Gasteiger partial charge < -0.3 is 21.8 Å². The largest absolute Gasteiger partial charge is 0.350 e. The van der Waals surface area contributed by atoms with Crippen LogP contribution in [-0.4, -0.2) is 30.0 Å². The number of halogens is 1. The normalized spacial score (nSPS) is 14.9. The standard InChI is InChI=1S/C23H27FN4O/c24-17-8-5-14(6-9-17)16-7-10-19-20(12-16)28-22(21(19)15-3-4-15)23(29)27-13-18(26)2-1-11-25/h5-10,12,15,18,28H,1-4,11,13,25-26H2,(H,27,29)/t18-/m0/s1. The van der Waals surface area contributed by atoms with E-state index in [1.807, 2.05) is 12.1 Å².